The minimum Gasteiger partial charge on any atom is -0.394 e. The Labute approximate surface area is 199 Å². The van der Waals surface area contributed by atoms with Gasteiger partial charge in [-0.1, -0.05) is 115 Å². The predicted molar refractivity (Wildman–Crippen MR) is 138 cm³/mol. The molecule has 3 N–H and O–H groups in total. The maximum absolute atomic E-state index is 12.1. The Hall–Kier alpha value is -1.13. The first-order valence-electron chi connectivity index (χ1n) is 13.6. The normalized spacial score (nSPS) is 13.8. The highest BCUT2D eigenvalue weighted by Crippen LogP contribution is 2.10. The van der Waals surface area contributed by atoms with Crippen LogP contribution < -0.4 is 5.32 Å². The molecule has 0 aromatic carbocycles. The molecule has 2 atom stereocenters. The van der Waals surface area contributed by atoms with Crippen LogP contribution in [-0.2, 0) is 4.79 Å². The number of aliphatic hydroxyl groups excluding tert-OH is 2. The first-order valence-corrected chi connectivity index (χ1v) is 13.6. The van der Waals surface area contributed by atoms with Crippen molar-refractivity contribution in [1.29, 1.82) is 0 Å². The number of hydrogen-bond acceptors (Lipinski definition) is 3. The third-order valence-electron chi connectivity index (χ3n) is 5.94. The Morgan fingerprint density at radius 2 is 1.22 bits per heavy atom. The molecule has 0 aromatic rings. The zero-order chi connectivity index (χ0) is 23.7. The van der Waals surface area contributed by atoms with Gasteiger partial charge in [0.2, 0.25) is 5.91 Å². The van der Waals surface area contributed by atoms with Crippen LogP contribution in [0.4, 0.5) is 0 Å². The highest BCUT2D eigenvalue weighted by molar-refractivity contribution is 5.76. The highest BCUT2D eigenvalue weighted by Gasteiger charge is 2.17. The predicted octanol–water partition coefficient (Wildman–Crippen LogP) is 7.00. The quantitative estimate of drug-likeness (QED) is 0.116. The number of carbonyl (C=O) groups excluding carboxylic acids is 1. The van der Waals surface area contributed by atoms with Gasteiger partial charge in [-0.3, -0.25) is 4.79 Å². The van der Waals surface area contributed by atoms with Crippen molar-refractivity contribution in [2.45, 2.75) is 142 Å². The molecule has 2 unspecified atom stereocenters. The number of allylic oxidation sites excluding steroid dienone is 3. The van der Waals surface area contributed by atoms with Crippen LogP contribution in [0, 0.1) is 0 Å². The van der Waals surface area contributed by atoms with E-state index >= 15 is 0 Å². The lowest BCUT2D eigenvalue weighted by Crippen LogP contribution is -2.45. The van der Waals surface area contributed by atoms with Crippen molar-refractivity contribution in [1.82, 2.24) is 5.32 Å². The van der Waals surface area contributed by atoms with Crippen LogP contribution in [0.25, 0.3) is 0 Å². The monoisotopic (exact) mass is 451 g/mol. The average molecular weight is 452 g/mol. The van der Waals surface area contributed by atoms with Crippen molar-refractivity contribution in [2.24, 2.45) is 0 Å². The summed E-state index contributed by atoms with van der Waals surface area (Å²) in [4.78, 5) is 12.1. The molecular formula is C28H53NO3. The molecule has 0 rings (SSSR count). The lowest BCUT2D eigenvalue weighted by atomic mass is 10.1. The Balaban J connectivity index is 3.79. The summed E-state index contributed by atoms with van der Waals surface area (Å²) in [6.45, 7) is 4.20. The van der Waals surface area contributed by atoms with E-state index in [1.807, 2.05) is 6.08 Å². The summed E-state index contributed by atoms with van der Waals surface area (Å²) in [7, 11) is 0. The van der Waals surface area contributed by atoms with E-state index in [0.29, 0.717) is 6.42 Å². The Morgan fingerprint density at radius 1 is 0.719 bits per heavy atom. The van der Waals surface area contributed by atoms with Crippen molar-refractivity contribution >= 4 is 5.91 Å². The standard InChI is InChI=1S/C28H53NO3/c1-3-5-7-9-11-12-13-14-15-16-18-19-21-23-27(31)26(25-30)29-28(32)24-22-20-17-10-8-6-4-2/h15-16,21,23,26-27,30-31H,3-14,17-20,22,24-25H2,1-2H3,(H,29,32)/b16-15+,23-21+. The lowest BCUT2D eigenvalue weighted by Gasteiger charge is -2.19. The van der Waals surface area contributed by atoms with Gasteiger partial charge in [-0.25, -0.2) is 0 Å². The van der Waals surface area contributed by atoms with Gasteiger partial charge in [0.25, 0.3) is 0 Å². The van der Waals surface area contributed by atoms with E-state index in [2.05, 4.69) is 31.3 Å². The molecular weight excluding hydrogens is 398 g/mol. The van der Waals surface area contributed by atoms with Gasteiger partial charge in [0.15, 0.2) is 0 Å². The molecule has 0 heterocycles. The minimum atomic E-state index is -0.852. The molecule has 0 fully saturated rings. The molecule has 0 aliphatic heterocycles. The van der Waals surface area contributed by atoms with E-state index in [4.69, 9.17) is 0 Å². The Morgan fingerprint density at radius 3 is 1.81 bits per heavy atom. The number of hydrogen-bond donors (Lipinski definition) is 3. The summed E-state index contributed by atoms with van der Waals surface area (Å²) in [5.74, 6) is -0.0849. The topological polar surface area (TPSA) is 69.6 Å². The van der Waals surface area contributed by atoms with Gasteiger partial charge >= 0.3 is 0 Å². The highest BCUT2D eigenvalue weighted by atomic mass is 16.3. The van der Waals surface area contributed by atoms with Crippen LogP contribution in [-0.4, -0.2) is 34.9 Å². The molecule has 0 radical (unpaired) electrons. The number of amides is 1. The first-order chi connectivity index (χ1) is 15.7. The third-order valence-corrected chi connectivity index (χ3v) is 5.94. The van der Waals surface area contributed by atoms with Gasteiger partial charge in [0, 0.05) is 6.42 Å². The fraction of sp³-hybridized carbons (Fsp3) is 0.821. The van der Waals surface area contributed by atoms with Gasteiger partial charge in [0.05, 0.1) is 18.8 Å². The maximum Gasteiger partial charge on any atom is 0.220 e. The van der Waals surface area contributed by atoms with Gasteiger partial charge in [0.1, 0.15) is 0 Å². The second-order valence-electron chi connectivity index (χ2n) is 9.11. The van der Waals surface area contributed by atoms with Crippen molar-refractivity contribution in [2.75, 3.05) is 6.61 Å². The fourth-order valence-corrected chi connectivity index (χ4v) is 3.78. The number of nitrogens with one attached hydrogen (secondary N) is 1. The second-order valence-corrected chi connectivity index (χ2v) is 9.11. The summed E-state index contributed by atoms with van der Waals surface area (Å²) in [6.07, 6.45) is 28.2. The molecule has 0 aliphatic carbocycles. The molecule has 0 saturated heterocycles. The number of rotatable bonds is 23. The van der Waals surface area contributed by atoms with Crippen LogP contribution in [0.3, 0.4) is 0 Å². The molecule has 0 aliphatic rings. The molecule has 4 nitrogen and oxygen atoms in total. The molecule has 188 valence electrons. The first kappa shape index (κ1) is 30.9. The molecule has 0 spiro atoms. The summed E-state index contributed by atoms with van der Waals surface area (Å²) >= 11 is 0. The van der Waals surface area contributed by atoms with Crippen LogP contribution in [0.1, 0.15) is 129 Å². The molecule has 0 aromatic heterocycles. The van der Waals surface area contributed by atoms with Crippen molar-refractivity contribution in [3.05, 3.63) is 24.3 Å². The molecule has 0 saturated carbocycles. The molecule has 1 amide bonds. The maximum atomic E-state index is 12.1. The number of aliphatic hydroxyl groups is 2. The fourth-order valence-electron chi connectivity index (χ4n) is 3.78. The number of unbranched alkanes of at least 4 members (excludes halogenated alkanes) is 14. The van der Waals surface area contributed by atoms with E-state index in [9.17, 15) is 15.0 Å². The smallest absolute Gasteiger partial charge is 0.220 e. The van der Waals surface area contributed by atoms with Crippen molar-refractivity contribution < 1.29 is 15.0 Å². The summed E-state index contributed by atoms with van der Waals surface area (Å²) in [5.41, 5.74) is 0. The zero-order valence-electron chi connectivity index (χ0n) is 21.2. The summed E-state index contributed by atoms with van der Waals surface area (Å²) in [5, 5.41) is 22.5. The van der Waals surface area contributed by atoms with Crippen LogP contribution in [0.15, 0.2) is 24.3 Å². The van der Waals surface area contributed by atoms with E-state index < -0.39 is 12.1 Å². The average Bonchev–Trinajstić information content (AvgIpc) is 2.79. The zero-order valence-corrected chi connectivity index (χ0v) is 21.2. The Kier molecular flexibility index (Phi) is 23.6. The van der Waals surface area contributed by atoms with Gasteiger partial charge in [-0.15, -0.1) is 0 Å². The summed E-state index contributed by atoms with van der Waals surface area (Å²) in [6, 6.07) is -0.629. The van der Waals surface area contributed by atoms with E-state index in [1.165, 1.54) is 77.0 Å². The van der Waals surface area contributed by atoms with Gasteiger partial charge in [-0.05, 0) is 32.1 Å². The Bertz CT molecular complexity index is 462. The van der Waals surface area contributed by atoms with E-state index in [1.54, 1.807) is 6.08 Å². The van der Waals surface area contributed by atoms with Gasteiger partial charge < -0.3 is 15.5 Å². The summed E-state index contributed by atoms with van der Waals surface area (Å²) < 4.78 is 0. The lowest BCUT2D eigenvalue weighted by molar-refractivity contribution is -0.123. The molecule has 0 bridgehead atoms. The van der Waals surface area contributed by atoms with Crippen LogP contribution in [0.2, 0.25) is 0 Å². The third kappa shape index (κ3) is 20.8. The van der Waals surface area contributed by atoms with Gasteiger partial charge in [-0.2, -0.15) is 0 Å². The van der Waals surface area contributed by atoms with E-state index in [-0.39, 0.29) is 12.5 Å². The van der Waals surface area contributed by atoms with Crippen molar-refractivity contribution in [3.63, 3.8) is 0 Å². The minimum absolute atomic E-state index is 0.0849. The SMILES string of the molecule is CCCCCCCCC/C=C/CC/C=C/C(O)C(CO)NC(=O)CCCCCCCCC. The van der Waals surface area contributed by atoms with Crippen LogP contribution in [0.5, 0.6) is 0 Å². The molecule has 4 heteroatoms. The van der Waals surface area contributed by atoms with Crippen LogP contribution >= 0.6 is 0 Å². The van der Waals surface area contributed by atoms with Crippen molar-refractivity contribution in [3.8, 4) is 0 Å². The molecule has 32 heavy (non-hydrogen) atoms. The second kappa shape index (κ2) is 24.5. The number of carbonyl (C=O) groups is 1. The van der Waals surface area contributed by atoms with E-state index in [0.717, 1.165) is 32.1 Å². The largest absolute Gasteiger partial charge is 0.394 e.